The van der Waals surface area contributed by atoms with Crippen molar-refractivity contribution in [3.8, 4) is 22.5 Å². The molecule has 241 valence electrons. The minimum atomic E-state index is -2.53. The van der Waals surface area contributed by atoms with Crippen LogP contribution in [0.5, 0.6) is 0 Å². The Bertz CT molecular complexity index is 2320. The van der Waals surface area contributed by atoms with Crippen molar-refractivity contribution in [3.05, 3.63) is 108 Å². The Kier molecular flexibility index (Phi) is 7.75. The molecule has 6 heteroatoms. The SMILES string of the molecule is [2H]C([2H])([2H])c1ccc2c(n1)oc1c(-c3cc(C([2H])([2H])C(C)C)c(C([2H])([2H])[2H])cn3)[c-]ccc12.[2H]C([2H])(c1cc(-c2[c-]cccc2)ncc1[Si](C)(C)C)C(C)C.[Ir]. The summed E-state index contributed by atoms with van der Waals surface area (Å²) in [6.07, 6.45) is -0.211. The van der Waals surface area contributed by atoms with E-state index in [4.69, 9.17) is 18.1 Å². The summed E-state index contributed by atoms with van der Waals surface area (Å²) in [5, 5.41) is 2.38. The van der Waals surface area contributed by atoms with Gasteiger partial charge in [0.15, 0.2) is 0 Å². The average Bonchev–Trinajstić information content (AvgIpc) is 3.49. The zero-order valence-electron chi connectivity index (χ0n) is 37.2. The van der Waals surface area contributed by atoms with Crippen LogP contribution in [0.2, 0.25) is 19.6 Å². The van der Waals surface area contributed by atoms with Crippen LogP contribution in [0.4, 0.5) is 0 Å². The van der Waals surface area contributed by atoms with E-state index in [2.05, 4.69) is 46.7 Å². The minimum Gasteiger partial charge on any atom is -0.486 e. The third-order valence-electron chi connectivity index (χ3n) is 7.04. The van der Waals surface area contributed by atoms with Gasteiger partial charge in [0, 0.05) is 57.3 Å². The van der Waals surface area contributed by atoms with Crippen LogP contribution in [0, 0.1) is 37.7 Å². The number of fused-ring (bicyclic) bond motifs is 3. The van der Waals surface area contributed by atoms with Crippen molar-refractivity contribution >= 4 is 35.3 Å². The fourth-order valence-corrected chi connectivity index (χ4v) is 6.42. The number of furan rings is 1. The molecule has 0 bridgehead atoms. The van der Waals surface area contributed by atoms with Gasteiger partial charge in [0.05, 0.1) is 13.7 Å². The Morgan fingerprint density at radius 1 is 0.826 bits per heavy atom. The second-order valence-electron chi connectivity index (χ2n) is 12.6. The first-order valence-corrected chi connectivity index (χ1v) is 18.6. The monoisotopic (exact) mass is 814 g/mol. The molecule has 4 nitrogen and oxygen atoms in total. The summed E-state index contributed by atoms with van der Waals surface area (Å²) in [6.45, 7) is 9.02. The van der Waals surface area contributed by atoms with Crippen LogP contribution < -0.4 is 5.19 Å². The molecular formula is C40H45IrN3OSi-2. The quantitative estimate of drug-likeness (QED) is 0.119. The molecule has 0 unspecified atom stereocenters. The van der Waals surface area contributed by atoms with Gasteiger partial charge in [0.25, 0.3) is 0 Å². The maximum atomic E-state index is 8.55. The molecule has 4 aromatic heterocycles. The molecular weight excluding hydrogens is 759 g/mol. The van der Waals surface area contributed by atoms with Crippen molar-refractivity contribution in [2.75, 3.05) is 0 Å². The largest absolute Gasteiger partial charge is 0.486 e. The number of rotatable bonds is 7. The third-order valence-corrected chi connectivity index (χ3v) is 9.06. The smallest absolute Gasteiger partial charge is 0.216 e. The van der Waals surface area contributed by atoms with Crippen LogP contribution in [0.25, 0.3) is 44.6 Å². The molecule has 0 aliphatic carbocycles. The molecule has 0 fully saturated rings. The maximum absolute atomic E-state index is 8.55. The average molecular weight is 814 g/mol. The third kappa shape index (κ3) is 8.28. The van der Waals surface area contributed by atoms with Crippen molar-refractivity contribution in [1.82, 2.24) is 15.0 Å². The van der Waals surface area contributed by atoms with Crippen LogP contribution >= 0.6 is 0 Å². The Balaban J connectivity index is 0.000000265. The first-order valence-electron chi connectivity index (χ1n) is 20.1. The molecule has 6 aromatic rings. The molecule has 0 atom stereocenters. The van der Waals surface area contributed by atoms with E-state index < -0.39 is 40.4 Å². The van der Waals surface area contributed by atoms with Crippen molar-refractivity contribution in [2.24, 2.45) is 11.8 Å². The number of hydrogen-bond acceptors (Lipinski definition) is 4. The molecule has 1 radical (unpaired) electrons. The van der Waals surface area contributed by atoms with Crippen LogP contribution in [0.1, 0.15) is 63.8 Å². The van der Waals surface area contributed by atoms with Crippen molar-refractivity contribution in [1.29, 1.82) is 0 Å². The second kappa shape index (κ2) is 15.0. The molecule has 0 N–H and O–H groups in total. The van der Waals surface area contributed by atoms with Gasteiger partial charge in [-0.25, -0.2) is 4.98 Å². The number of pyridine rings is 3. The predicted molar refractivity (Wildman–Crippen MR) is 192 cm³/mol. The van der Waals surface area contributed by atoms with Crippen LogP contribution in [-0.4, -0.2) is 23.0 Å². The standard InChI is InChI=1S/C22H21N2O.C18H24NSi.Ir/c1-13(2)10-16-11-20(23-12-14(16)3)19-7-5-6-17-18-9-8-15(4)24-22(18)25-21(17)19;1-14(2)11-16-12-17(15-9-7-6-8-10-15)19-13-18(16)20(3,4)5;/h5-6,8-9,11-13H,10H2,1-4H3;6-9,12-14H,11H2,1-5H3;/q2*-1;/i3D3,4D3,10D2;11D2;. The number of hydrogen-bond donors (Lipinski definition) is 0. The second-order valence-corrected chi connectivity index (χ2v) is 17.6. The molecule has 6 rings (SSSR count). The van der Waals surface area contributed by atoms with Crippen LogP contribution in [0.15, 0.2) is 77.5 Å². The molecule has 0 aliphatic heterocycles. The molecule has 46 heavy (non-hydrogen) atoms. The van der Waals surface area contributed by atoms with Gasteiger partial charge in [-0.15, -0.1) is 54.1 Å². The fourth-order valence-electron chi connectivity index (χ4n) is 5.02. The van der Waals surface area contributed by atoms with Gasteiger partial charge in [0.1, 0.15) is 0 Å². The van der Waals surface area contributed by atoms with Crippen LogP contribution in [0.3, 0.4) is 0 Å². The zero-order chi connectivity index (χ0) is 40.9. The van der Waals surface area contributed by atoms with E-state index in [1.54, 1.807) is 32.0 Å². The van der Waals surface area contributed by atoms with Gasteiger partial charge in [0.2, 0.25) is 5.71 Å². The Morgan fingerprint density at radius 3 is 2.24 bits per heavy atom. The van der Waals surface area contributed by atoms with Crippen molar-refractivity contribution in [3.63, 3.8) is 0 Å². The zero-order valence-corrected chi connectivity index (χ0v) is 30.6. The molecule has 0 spiro atoms. The van der Waals surface area contributed by atoms with E-state index in [9.17, 15) is 0 Å². The summed E-state index contributed by atoms with van der Waals surface area (Å²) >= 11 is 0. The van der Waals surface area contributed by atoms with E-state index in [0.29, 0.717) is 27.6 Å². The molecule has 0 saturated carbocycles. The van der Waals surface area contributed by atoms with E-state index in [0.717, 1.165) is 22.0 Å². The summed E-state index contributed by atoms with van der Waals surface area (Å²) in [5.41, 5.74) is 3.49. The van der Waals surface area contributed by atoms with E-state index in [1.807, 2.05) is 50.4 Å². The molecule has 2 aromatic carbocycles. The Labute approximate surface area is 303 Å². The van der Waals surface area contributed by atoms with Gasteiger partial charge in [-0.3, -0.25) is 0 Å². The number of aromatic nitrogens is 3. The summed E-state index contributed by atoms with van der Waals surface area (Å²) in [6, 6.07) is 23.8. The van der Waals surface area contributed by atoms with Gasteiger partial charge in [-0.05, 0) is 72.6 Å². The van der Waals surface area contributed by atoms with Crippen molar-refractivity contribution < 1.29 is 38.2 Å². The van der Waals surface area contributed by atoms with Crippen LogP contribution in [-0.2, 0) is 32.9 Å². The number of nitrogens with zero attached hydrogens (tertiary/aromatic N) is 3. The van der Waals surface area contributed by atoms with E-state index in [-0.39, 0.29) is 48.6 Å². The van der Waals surface area contributed by atoms with Gasteiger partial charge in [-0.2, -0.15) is 0 Å². The molecule has 4 heterocycles. The minimum absolute atomic E-state index is 0. The summed E-state index contributed by atoms with van der Waals surface area (Å²) in [4.78, 5) is 13.0. The van der Waals surface area contributed by atoms with Gasteiger partial charge >= 0.3 is 0 Å². The van der Waals surface area contributed by atoms with Gasteiger partial charge in [-0.1, -0.05) is 81.5 Å². The summed E-state index contributed by atoms with van der Waals surface area (Å²) in [5.74, 6) is -0.570. The summed E-state index contributed by atoms with van der Waals surface area (Å²) in [7, 11) is -1.67. The Morgan fingerprint density at radius 2 is 1.57 bits per heavy atom. The number of aryl methyl sites for hydroxylation is 2. The topological polar surface area (TPSA) is 51.8 Å². The Hall–Kier alpha value is -3.44. The first kappa shape index (κ1) is 23.8. The normalized spacial score (nSPS) is 15.9. The van der Waals surface area contributed by atoms with Crippen molar-refractivity contribution in [2.45, 2.75) is 73.8 Å². The fraction of sp³-hybridized carbons (Fsp3) is 0.325. The first-order chi connectivity index (χ1) is 25.3. The van der Waals surface area contributed by atoms with E-state index in [1.165, 1.54) is 18.3 Å². The van der Waals surface area contributed by atoms with Gasteiger partial charge < -0.3 is 14.4 Å². The number of benzene rings is 2. The molecule has 0 saturated heterocycles. The van der Waals surface area contributed by atoms with E-state index >= 15 is 0 Å². The molecule has 0 amide bonds. The molecule has 0 aliphatic rings. The predicted octanol–water partition coefficient (Wildman–Crippen LogP) is 9.95. The summed E-state index contributed by atoms with van der Waals surface area (Å²) < 4.78 is 86.3. The maximum Gasteiger partial charge on any atom is 0.216 e.